The molecule has 0 aromatic rings. The molecule has 0 aliphatic rings. The van der Waals surface area contributed by atoms with Crippen LogP contribution in [0.1, 0.15) is 158 Å². The number of thiocarbonyl (C=S) groups is 4. The Hall–Kier alpha value is 3.30. The van der Waals surface area contributed by atoms with Crippen LogP contribution in [0.25, 0.3) is 0 Å². The second kappa shape index (κ2) is 80.6. The number of unbranched alkanes of at least 4 members (excludes halogenated alkanes) is 8. The van der Waals surface area contributed by atoms with Gasteiger partial charge < -0.3 is 173 Å². The average Bonchev–Trinajstić information content (AvgIpc) is 3.17. The summed E-state index contributed by atoms with van der Waals surface area (Å²) < 4.78 is 27.3. The van der Waals surface area contributed by atoms with Crippen molar-refractivity contribution in [1.82, 2.24) is 19.6 Å². The van der Waals surface area contributed by atoms with E-state index < -0.39 is 0 Å². The molecule has 0 fully saturated rings. The summed E-state index contributed by atoms with van der Waals surface area (Å²) in [4.78, 5) is 8.55. The maximum atomic E-state index is 8.26. The van der Waals surface area contributed by atoms with Crippen LogP contribution in [0.4, 0.5) is 0 Å². The summed E-state index contributed by atoms with van der Waals surface area (Å²) in [6, 6.07) is 0. The standard InChI is InChI=1S/4C9H19NS2.3Mo.3O.4S/c4*1-3-5-7-10(9(11)12)8-6-4-2;;;;;;;;;;/h4*3-8H2,1-2H3,(H,11,12);;;;;;;;;;/q;;;;3*+4;;;;4*-2/p-4. The van der Waals surface area contributed by atoms with Gasteiger partial charge in [0.25, 0.3) is 0 Å². The van der Waals surface area contributed by atoms with Gasteiger partial charge in [0.2, 0.25) is 0 Å². The minimum atomic E-state index is 0. The summed E-state index contributed by atoms with van der Waals surface area (Å²) in [5, 5.41) is 0. The summed E-state index contributed by atoms with van der Waals surface area (Å²) in [5.41, 5.74) is 0. The second-order valence-corrected chi connectivity index (χ2v) is 16.0. The topological polar surface area (TPSA) is 64.2 Å². The molecular formula is C36H72Mo3N4O3S12. The molecule has 0 N–H and O–H groups in total. The third-order valence-corrected chi connectivity index (χ3v) is 9.35. The van der Waals surface area contributed by atoms with Gasteiger partial charge in [-0.2, -0.15) is 0 Å². The first-order chi connectivity index (χ1) is 25.9. The molecule has 0 bridgehead atoms. The van der Waals surface area contributed by atoms with Crippen molar-refractivity contribution in [3.63, 3.8) is 0 Å². The average molecular weight is 1280 g/mol. The summed E-state index contributed by atoms with van der Waals surface area (Å²) in [6.45, 7) is 25.8. The van der Waals surface area contributed by atoms with E-state index in [1.807, 2.05) is 0 Å². The number of hydrogen-bond donors (Lipinski definition) is 0. The Bertz CT molecular complexity index is 673. The first-order valence-corrected chi connectivity index (χ1v) is 24.9. The van der Waals surface area contributed by atoms with E-state index in [1.165, 1.54) is 103 Å². The van der Waals surface area contributed by atoms with Crippen LogP contribution in [0.3, 0.4) is 0 Å². The van der Waals surface area contributed by atoms with Crippen LogP contribution in [0.2, 0.25) is 0 Å². The van der Waals surface area contributed by atoms with E-state index >= 15 is 0 Å². The van der Waals surface area contributed by atoms with Crippen LogP contribution in [-0.2, 0) is 174 Å². The summed E-state index contributed by atoms with van der Waals surface area (Å²) in [5.74, 6) is 0. The Labute approximate surface area is 464 Å². The molecule has 344 valence electrons. The van der Waals surface area contributed by atoms with E-state index in [0.717, 1.165) is 52.4 Å². The zero-order valence-electron chi connectivity index (χ0n) is 36.1. The molecule has 0 saturated heterocycles. The Morgan fingerprint density at radius 1 is 0.310 bits per heavy atom. The van der Waals surface area contributed by atoms with E-state index in [-0.39, 0.29) is 54.0 Å². The van der Waals surface area contributed by atoms with E-state index in [9.17, 15) is 0 Å². The molecule has 0 amide bonds. The van der Waals surface area contributed by atoms with Crippen molar-refractivity contribution in [1.29, 1.82) is 0 Å². The molecule has 0 aliphatic heterocycles. The minimum Gasteiger partial charge on any atom is -2.00 e. The number of nitrogens with zero attached hydrogens (tertiary/aromatic N) is 4. The fourth-order valence-electron chi connectivity index (χ4n) is 3.97. The van der Waals surface area contributed by atoms with Gasteiger partial charge in [-0.1, -0.05) is 124 Å². The van der Waals surface area contributed by atoms with Gasteiger partial charge in [0.05, 0.1) is 0 Å². The predicted octanol–water partition coefficient (Wildman–Crippen LogP) is 10.5. The zero-order valence-corrected chi connectivity index (χ0v) is 51.9. The van der Waals surface area contributed by atoms with E-state index in [2.05, 4.69) is 75.0 Å². The third kappa shape index (κ3) is 76.6. The Balaban J connectivity index is -0.0000000527. The summed E-state index contributed by atoms with van der Waals surface area (Å²) in [7, 11) is 0. The molecule has 0 radical (unpaired) electrons. The van der Waals surface area contributed by atoms with Gasteiger partial charge in [-0.25, -0.2) is 0 Å². The SMILES string of the molecule is CCCCN(CCCC)C(=S)[S-].CCCCN(CCCC)C(=S)[S-].CCCCN(CCCC)C(=S)[S-].CCCCN(CCCC)C(=S)[S-].[O]=[Mo+4].[O]=[Mo+4].[O]=[Mo+4].[S-2].[S-2].[S-2].[S-2]. The van der Waals surface area contributed by atoms with Crippen LogP contribution < -0.4 is 0 Å². The van der Waals surface area contributed by atoms with Crippen molar-refractivity contribution in [3.05, 3.63) is 0 Å². The fraction of sp³-hybridized carbons (Fsp3) is 0.889. The van der Waals surface area contributed by atoms with Gasteiger partial charge in [-0.3, -0.25) is 0 Å². The summed E-state index contributed by atoms with van der Waals surface area (Å²) >= 11 is 42.0. The van der Waals surface area contributed by atoms with Crippen molar-refractivity contribution in [2.45, 2.75) is 158 Å². The molecular weight excluding hydrogens is 1210 g/mol. The smallest absolute Gasteiger partial charge is 2.00 e. The van der Waals surface area contributed by atoms with E-state index in [4.69, 9.17) is 110 Å². The van der Waals surface area contributed by atoms with Crippen molar-refractivity contribution in [2.75, 3.05) is 52.4 Å². The Morgan fingerprint density at radius 2 is 0.397 bits per heavy atom. The van der Waals surface area contributed by atoms with Crippen molar-refractivity contribution < 1.29 is 69.5 Å². The van der Waals surface area contributed by atoms with Gasteiger partial charge in [-0.05, 0) is 51.4 Å². The molecule has 0 aromatic heterocycles. The monoisotopic (exact) mass is 1290 g/mol. The third-order valence-electron chi connectivity index (χ3n) is 7.29. The summed E-state index contributed by atoms with van der Waals surface area (Å²) in [6.07, 6.45) is 19.2. The van der Waals surface area contributed by atoms with Crippen molar-refractivity contribution in [3.8, 4) is 0 Å². The first kappa shape index (κ1) is 88.1. The van der Waals surface area contributed by atoms with Crippen LogP contribution in [0.15, 0.2) is 0 Å². The van der Waals surface area contributed by atoms with Crippen LogP contribution >= 0.6 is 48.9 Å². The van der Waals surface area contributed by atoms with E-state index in [1.54, 1.807) is 0 Å². The van der Waals surface area contributed by atoms with Crippen molar-refractivity contribution in [2.24, 2.45) is 0 Å². The maximum Gasteiger partial charge on any atom is -2.00 e. The molecule has 0 atom stereocenters. The van der Waals surface area contributed by atoms with Crippen LogP contribution in [0.5, 0.6) is 0 Å². The molecule has 7 nitrogen and oxygen atoms in total. The quantitative estimate of drug-likeness (QED) is 0.0523. The maximum absolute atomic E-state index is 8.26. The minimum absolute atomic E-state index is 0. The predicted molar refractivity (Wildman–Crippen MR) is 277 cm³/mol. The fourth-order valence-corrected chi connectivity index (χ4v) is 5.43. The molecule has 0 saturated carbocycles. The Kier molecular flexibility index (Phi) is 122. The number of rotatable bonds is 24. The van der Waals surface area contributed by atoms with Gasteiger partial charge in [0.1, 0.15) is 0 Å². The molecule has 22 heteroatoms. The molecule has 0 unspecified atom stereocenters. The normalized spacial score (nSPS) is 8.45. The number of hydrogen-bond acceptors (Lipinski definition) is 11. The van der Waals surface area contributed by atoms with Gasteiger partial charge in [-0.15, -0.1) is 0 Å². The molecule has 58 heavy (non-hydrogen) atoms. The molecule has 0 aromatic carbocycles. The second-order valence-electron chi connectivity index (χ2n) is 11.8. The van der Waals surface area contributed by atoms with Gasteiger partial charge in [0.15, 0.2) is 0 Å². The van der Waals surface area contributed by atoms with Crippen LogP contribution in [-0.4, -0.2) is 89.2 Å². The van der Waals surface area contributed by atoms with Crippen LogP contribution in [0, 0.1) is 0 Å². The zero-order chi connectivity index (χ0) is 43.6. The Morgan fingerprint density at radius 3 is 0.448 bits per heavy atom. The van der Waals surface area contributed by atoms with Gasteiger partial charge >= 0.3 is 69.5 Å². The first-order valence-electron chi connectivity index (χ1n) is 19.2. The van der Waals surface area contributed by atoms with Crippen molar-refractivity contribution >= 4 is 171 Å². The van der Waals surface area contributed by atoms with Gasteiger partial charge in [0, 0.05) is 52.4 Å². The molecule has 0 rings (SSSR count). The largest absolute Gasteiger partial charge is 2.00 e. The van der Waals surface area contributed by atoms with E-state index in [0.29, 0.717) is 76.6 Å². The molecule has 0 heterocycles. The molecule has 0 spiro atoms. The molecule has 0 aliphatic carbocycles.